The third-order valence-corrected chi connectivity index (χ3v) is 3.20. The molecule has 0 radical (unpaired) electrons. The van der Waals surface area contributed by atoms with Gasteiger partial charge in [0.1, 0.15) is 11.9 Å². The molecule has 1 aliphatic rings. The van der Waals surface area contributed by atoms with E-state index in [2.05, 4.69) is 4.90 Å². The Hall–Kier alpha value is -2.13. The van der Waals surface area contributed by atoms with E-state index in [-0.39, 0.29) is 5.56 Å². The molecule has 1 heterocycles. The van der Waals surface area contributed by atoms with Crippen LogP contribution in [0, 0.1) is 17.1 Å². The highest BCUT2D eigenvalue weighted by atomic mass is 19.1. The SMILES string of the molecule is N#Cc1cc(CN2CCN(C(=O)O)CC2)ccc1F. The molecule has 1 aliphatic heterocycles. The Morgan fingerprint density at radius 2 is 2.05 bits per heavy atom. The van der Waals surface area contributed by atoms with Crippen LogP contribution in [0.4, 0.5) is 9.18 Å². The molecule has 1 aromatic rings. The van der Waals surface area contributed by atoms with Gasteiger partial charge < -0.3 is 10.0 Å². The highest BCUT2D eigenvalue weighted by molar-refractivity contribution is 5.65. The zero-order valence-electron chi connectivity index (χ0n) is 10.3. The zero-order valence-corrected chi connectivity index (χ0v) is 10.3. The number of nitriles is 1. The van der Waals surface area contributed by atoms with E-state index in [1.807, 2.05) is 6.07 Å². The number of carbonyl (C=O) groups is 1. The fourth-order valence-corrected chi connectivity index (χ4v) is 2.11. The highest BCUT2D eigenvalue weighted by Crippen LogP contribution is 2.13. The maximum atomic E-state index is 13.2. The number of halogens is 1. The third kappa shape index (κ3) is 3.20. The van der Waals surface area contributed by atoms with Crippen molar-refractivity contribution in [2.75, 3.05) is 26.2 Å². The first-order chi connectivity index (χ1) is 9.10. The van der Waals surface area contributed by atoms with Gasteiger partial charge in [-0.25, -0.2) is 9.18 Å². The summed E-state index contributed by atoms with van der Waals surface area (Å²) in [5.74, 6) is -0.512. The maximum absolute atomic E-state index is 13.2. The van der Waals surface area contributed by atoms with Crippen LogP contribution in [0.2, 0.25) is 0 Å². The molecule has 0 saturated carbocycles. The van der Waals surface area contributed by atoms with E-state index >= 15 is 0 Å². The van der Waals surface area contributed by atoms with Gasteiger partial charge in [0.05, 0.1) is 5.56 Å². The van der Waals surface area contributed by atoms with E-state index < -0.39 is 11.9 Å². The lowest BCUT2D eigenvalue weighted by Gasteiger charge is -2.33. The second-order valence-corrected chi connectivity index (χ2v) is 4.47. The Morgan fingerprint density at radius 1 is 1.37 bits per heavy atom. The van der Waals surface area contributed by atoms with Crippen molar-refractivity contribution < 1.29 is 14.3 Å². The summed E-state index contributed by atoms with van der Waals surface area (Å²) in [7, 11) is 0. The van der Waals surface area contributed by atoms with Crippen molar-refractivity contribution in [1.29, 1.82) is 5.26 Å². The van der Waals surface area contributed by atoms with Crippen LogP contribution < -0.4 is 0 Å². The number of rotatable bonds is 2. The number of benzene rings is 1. The lowest BCUT2D eigenvalue weighted by atomic mass is 10.1. The van der Waals surface area contributed by atoms with Crippen LogP contribution in [-0.2, 0) is 6.54 Å². The van der Waals surface area contributed by atoms with Gasteiger partial charge in [0.15, 0.2) is 0 Å². The lowest BCUT2D eigenvalue weighted by molar-refractivity contribution is 0.103. The van der Waals surface area contributed by atoms with Crippen molar-refractivity contribution in [2.24, 2.45) is 0 Å². The molecule has 1 N–H and O–H groups in total. The topological polar surface area (TPSA) is 67.6 Å². The van der Waals surface area contributed by atoms with Crippen LogP contribution >= 0.6 is 0 Å². The summed E-state index contributed by atoms with van der Waals surface area (Å²) in [5.41, 5.74) is 0.906. The Balaban J connectivity index is 1.96. The van der Waals surface area contributed by atoms with E-state index in [1.165, 1.54) is 11.0 Å². The first kappa shape index (κ1) is 13.3. The molecule has 1 amide bonds. The number of amides is 1. The average Bonchev–Trinajstić information content (AvgIpc) is 2.41. The van der Waals surface area contributed by atoms with Gasteiger partial charge >= 0.3 is 6.09 Å². The largest absolute Gasteiger partial charge is 0.465 e. The molecule has 1 saturated heterocycles. The molecule has 5 nitrogen and oxygen atoms in total. The Labute approximate surface area is 110 Å². The van der Waals surface area contributed by atoms with Crippen molar-refractivity contribution in [3.05, 3.63) is 35.1 Å². The minimum absolute atomic E-state index is 0.0432. The molecule has 0 spiro atoms. The van der Waals surface area contributed by atoms with Gasteiger partial charge in [-0.05, 0) is 17.7 Å². The number of hydrogen-bond acceptors (Lipinski definition) is 3. The fraction of sp³-hybridized carbons (Fsp3) is 0.385. The minimum Gasteiger partial charge on any atom is -0.465 e. The summed E-state index contributed by atoms with van der Waals surface area (Å²) in [6.07, 6.45) is -0.895. The van der Waals surface area contributed by atoms with Gasteiger partial charge in [-0.15, -0.1) is 0 Å². The Bertz CT molecular complexity index is 519. The molecule has 6 heteroatoms. The van der Waals surface area contributed by atoms with Crippen molar-refractivity contribution in [3.8, 4) is 6.07 Å². The van der Waals surface area contributed by atoms with E-state index in [4.69, 9.17) is 10.4 Å². The molecule has 0 bridgehead atoms. The minimum atomic E-state index is -0.895. The molecule has 2 rings (SSSR count). The van der Waals surface area contributed by atoms with Crippen molar-refractivity contribution in [2.45, 2.75) is 6.54 Å². The van der Waals surface area contributed by atoms with Gasteiger partial charge in [0.2, 0.25) is 0 Å². The molecule has 0 aliphatic carbocycles. The third-order valence-electron chi connectivity index (χ3n) is 3.20. The van der Waals surface area contributed by atoms with Crippen molar-refractivity contribution in [1.82, 2.24) is 9.80 Å². The van der Waals surface area contributed by atoms with E-state index in [1.54, 1.807) is 12.1 Å². The Morgan fingerprint density at radius 3 is 2.63 bits per heavy atom. The van der Waals surface area contributed by atoms with Crippen molar-refractivity contribution >= 4 is 6.09 Å². The van der Waals surface area contributed by atoms with Gasteiger partial charge in [-0.2, -0.15) is 5.26 Å². The second-order valence-electron chi connectivity index (χ2n) is 4.47. The van der Waals surface area contributed by atoms with Crippen LogP contribution in [0.1, 0.15) is 11.1 Å². The van der Waals surface area contributed by atoms with Crippen LogP contribution in [0.3, 0.4) is 0 Å². The van der Waals surface area contributed by atoms with E-state index in [0.29, 0.717) is 32.7 Å². The van der Waals surface area contributed by atoms with Gasteiger partial charge in [-0.3, -0.25) is 4.90 Å². The summed E-state index contributed by atoms with van der Waals surface area (Å²) >= 11 is 0. The number of nitrogens with zero attached hydrogens (tertiary/aromatic N) is 3. The van der Waals surface area contributed by atoms with Crippen molar-refractivity contribution in [3.63, 3.8) is 0 Å². The quantitative estimate of drug-likeness (QED) is 0.877. The van der Waals surface area contributed by atoms with Gasteiger partial charge in [0.25, 0.3) is 0 Å². The molecule has 0 unspecified atom stereocenters. The molecule has 0 atom stereocenters. The fourth-order valence-electron chi connectivity index (χ4n) is 2.11. The van der Waals surface area contributed by atoms with Gasteiger partial charge in [-0.1, -0.05) is 6.07 Å². The highest BCUT2D eigenvalue weighted by Gasteiger charge is 2.20. The molecule has 1 aromatic carbocycles. The Kier molecular flexibility index (Phi) is 3.97. The number of piperazine rings is 1. The van der Waals surface area contributed by atoms with E-state index in [9.17, 15) is 9.18 Å². The zero-order chi connectivity index (χ0) is 13.8. The predicted molar refractivity (Wildman–Crippen MR) is 66.0 cm³/mol. The molecular formula is C13H14FN3O2. The molecule has 0 aromatic heterocycles. The monoisotopic (exact) mass is 263 g/mol. The molecule has 100 valence electrons. The average molecular weight is 263 g/mol. The normalized spacial score (nSPS) is 16.1. The summed E-state index contributed by atoms with van der Waals surface area (Å²) in [6, 6.07) is 6.30. The molecule has 1 fully saturated rings. The molecule has 19 heavy (non-hydrogen) atoms. The summed E-state index contributed by atoms with van der Waals surface area (Å²) in [4.78, 5) is 14.2. The first-order valence-corrected chi connectivity index (χ1v) is 5.99. The molecular weight excluding hydrogens is 249 g/mol. The van der Waals surface area contributed by atoms with E-state index in [0.717, 1.165) is 5.56 Å². The van der Waals surface area contributed by atoms with Crippen LogP contribution in [0.15, 0.2) is 18.2 Å². The van der Waals surface area contributed by atoms with Crippen LogP contribution in [-0.4, -0.2) is 47.2 Å². The lowest BCUT2D eigenvalue weighted by Crippen LogP contribution is -2.47. The van der Waals surface area contributed by atoms with Gasteiger partial charge in [0, 0.05) is 32.7 Å². The smallest absolute Gasteiger partial charge is 0.407 e. The van der Waals surface area contributed by atoms with Crippen LogP contribution in [0.5, 0.6) is 0 Å². The second kappa shape index (κ2) is 5.67. The number of hydrogen-bond donors (Lipinski definition) is 1. The van der Waals surface area contributed by atoms with Crippen LogP contribution in [0.25, 0.3) is 0 Å². The summed E-state index contributed by atoms with van der Waals surface area (Å²) < 4.78 is 13.2. The first-order valence-electron chi connectivity index (χ1n) is 5.99. The predicted octanol–water partition coefficient (Wildman–Crippen LogP) is 1.49. The number of carboxylic acid groups (broad SMARTS) is 1. The standard InChI is InChI=1S/C13H14FN3O2/c14-12-2-1-10(7-11(12)8-15)9-16-3-5-17(6-4-16)13(18)19/h1-2,7H,3-6,9H2,(H,18,19). The maximum Gasteiger partial charge on any atom is 0.407 e. The summed E-state index contributed by atoms with van der Waals surface area (Å²) in [6.45, 7) is 2.84. The summed E-state index contributed by atoms with van der Waals surface area (Å²) in [5, 5.41) is 17.6.